The number of anilines is 2. The lowest BCUT2D eigenvalue weighted by atomic mass is 9.96. The summed E-state index contributed by atoms with van der Waals surface area (Å²) in [5, 5.41) is 5.31. The molecule has 0 saturated heterocycles. The van der Waals surface area contributed by atoms with Crippen molar-refractivity contribution in [3.8, 4) is 0 Å². The Balaban J connectivity index is 2.04. The predicted molar refractivity (Wildman–Crippen MR) is 109 cm³/mol. The molecule has 0 aliphatic rings. The minimum absolute atomic E-state index is 0.0286. The zero-order chi connectivity index (χ0) is 21.7. The summed E-state index contributed by atoms with van der Waals surface area (Å²) in [5.74, 6) is -1.10. The average Bonchev–Trinajstić information content (AvgIpc) is 2.62. The first-order valence-corrected chi connectivity index (χ1v) is 10.4. The van der Waals surface area contributed by atoms with Crippen molar-refractivity contribution in [2.75, 3.05) is 16.6 Å². The van der Waals surface area contributed by atoms with Gasteiger partial charge in [-0.05, 0) is 36.4 Å². The molecule has 9 heteroatoms. The highest BCUT2D eigenvalue weighted by molar-refractivity contribution is 7.92. The average molecular weight is 421 g/mol. The van der Waals surface area contributed by atoms with Crippen LogP contribution in [0.1, 0.15) is 27.2 Å². The van der Waals surface area contributed by atoms with Gasteiger partial charge in [0.05, 0.1) is 16.3 Å². The summed E-state index contributed by atoms with van der Waals surface area (Å²) < 4.78 is 40.4. The van der Waals surface area contributed by atoms with Gasteiger partial charge in [0.2, 0.25) is 11.8 Å². The first kappa shape index (κ1) is 22.4. The van der Waals surface area contributed by atoms with Crippen LogP contribution in [0.15, 0.2) is 53.4 Å². The quantitative estimate of drug-likeness (QED) is 0.639. The first-order valence-electron chi connectivity index (χ1n) is 8.94. The summed E-state index contributed by atoms with van der Waals surface area (Å²) in [7, 11) is -3.96. The van der Waals surface area contributed by atoms with Crippen LogP contribution in [0.25, 0.3) is 0 Å². The summed E-state index contributed by atoms with van der Waals surface area (Å²) in [6.45, 7) is 5.47. The van der Waals surface area contributed by atoms with Crippen LogP contribution in [-0.4, -0.2) is 26.8 Å². The van der Waals surface area contributed by atoms with Gasteiger partial charge >= 0.3 is 0 Å². The van der Waals surface area contributed by atoms with Crippen LogP contribution in [0.4, 0.5) is 15.8 Å². The van der Waals surface area contributed by atoms with Crippen LogP contribution in [0.5, 0.6) is 0 Å². The molecule has 156 valence electrons. The Hall–Kier alpha value is -2.94. The third-order valence-electron chi connectivity index (χ3n) is 3.89. The maximum Gasteiger partial charge on any atom is 0.261 e. The van der Waals surface area contributed by atoms with Crippen molar-refractivity contribution in [1.29, 1.82) is 0 Å². The van der Waals surface area contributed by atoms with E-state index in [0.717, 1.165) is 24.3 Å². The van der Waals surface area contributed by atoms with Crippen LogP contribution in [0.3, 0.4) is 0 Å². The monoisotopic (exact) mass is 421 g/mol. The van der Waals surface area contributed by atoms with Gasteiger partial charge in [-0.1, -0.05) is 32.9 Å². The minimum atomic E-state index is -3.96. The number of carbonyl (C=O) groups excluding carboxylic acids is 2. The number of sulfonamides is 1. The lowest BCUT2D eigenvalue weighted by Crippen LogP contribution is -2.36. The number of benzene rings is 2. The minimum Gasteiger partial charge on any atom is -0.355 e. The Morgan fingerprint density at radius 3 is 2.14 bits per heavy atom. The van der Waals surface area contributed by atoms with E-state index in [1.165, 1.54) is 6.07 Å². The van der Waals surface area contributed by atoms with Crippen LogP contribution in [-0.2, 0) is 19.6 Å². The van der Waals surface area contributed by atoms with Gasteiger partial charge in [0, 0.05) is 18.4 Å². The number of nitrogens with one attached hydrogen (secondary N) is 3. The molecule has 0 radical (unpaired) electrons. The molecule has 3 N–H and O–H groups in total. The molecule has 2 amide bonds. The fourth-order valence-corrected chi connectivity index (χ4v) is 3.35. The number of hydrogen-bond acceptors (Lipinski definition) is 4. The fourth-order valence-electron chi connectivity index (χ4n) is 2.27. The fraction of sp³-hybridized carbons (Fsp3) is 0.300. The molecule has 0 heterocycles. The van der Waals surface area contributed by atoms with Crippen molar-refractivity contribution in [1.82, 2.24) is 5.32 Å². The highest BCUT2D eigenvalue weighted by Crippen LogP contribution is 2.24. The molecule has 29 heavy (non-hydrogen) atoms. The number of hydrogen-bond donors (Lipinski definition) is 3. The van der Waals surface area contributed by atoms with Gasteiger partial charge in [-0.3, -0.25) is 14.3 Å². The normalized spacial score (nSPS) is 11.6. The SMILES string of the molecule is CC(C)(C)C(=O)NCCC(=O)Nc1ccccc1NS(=O)(=O)c1ccc(F)cc1. The Bertz CT molecular complexity index is 984. The number of halogens is 1. The molecule has 0 spiro atoms. The van der Waals surface area contributed by atoms with E-state index in [2.05, 4.69) is 15.4 Å². The highest BCUT2D eigenvalue weighted by Gasteiger charge is 2.21. The van der Waals surface area contributed by atoms with Gasteiger partial charge in [-0.25, -0.2) is 12.8 Å². The van der Waals surface area contributed by atoms with Gasteiger partial charge in [0.15, 0.2) is 0 Å². The van der Waals surface area contributed by atoms with Gasteiger partial charge in [-0.2, -0.15) is 0 Å². The molecule has 0 aliphatic heterocycles. The topological polar surface area (TPSA) is 104 Å². The van der Waals surface area contributed by atoms with E-state index in [1.54, 1.807) is 39.0 Å². The second kappa shape index (κ2) is 9.04. The van der Waals surface area contributed by atoms with E-state index >= 15 is 0 Å². The van der Waals surface area contributed by atoms with Crippen molar-refractivity contribution >= 4 is 33.2 Å². The van der Waals surface area contributed by atoms with E-state index in [0.29, 0.717) is 0 Å². The maximum atomic E-state index is 13.0. The van der Waals surface area contributed by atoms with Crippen LogP contribution >= 0.6 is 0 Å². The summed E-state index contributed by atoms with van der Waals surface area (Å²) >= 11 is 0. The predicted octanol–water partition coefficient (Wildman–Crippen LogP) is 3.12. The summed E-state index contributed by atoms with van der Waals surface area (Å²) in [6.07, 6.45) is 0.0286. The lowest BCUT2D eigenvalue weighted by molar-refractivity contribution is -0.128. The molecule has 2 aromatic rings. The Morgan fingerprint density at radius 1 is 0.966 bits per heavy atom. The zero-order valence-corrected chi connectivity index (χ0v) is 17.3. The zero-order valence-electron chi connectivity index (χ0n) is 16.5. The molecule has 0 aliphatic carbocycles. The summed E-state index contributed by atoms with van der Waals surface area (Å²) in [4.78, 5) is 23.9. The molecule has 0 aromatic heterocycles. The molecule has 0 bridgehead atoms. The summed E-state index contributed by atoms with van der Waals surface area (Å²) in [5.41, 5.74) is -0.115. The lowest BCUT2D eigenvalue weighted by Gasteiger charge is -2.17. The van der Waals surface area contributed by atoms with Crippen molar-refractivity contribution in [3.63, 3.8) is 0 Å². The molecule has 0 atom stereocenters. The molecule has 2 aromatic carbocycles. The Labute approximate surface area is 169 Å². The molecule has 7 nitrogen and oxygen atoms in total. The van der Waals surface area contributed by atoms with Crippen molar-refractivity contribution in [3.05, 3.63) is 54.3 Å². The van der Waals surface area contributed by atoms with Gasteiger partial charge in [0.25, 0.3) is 10.0 Å². The summed E-state index contributed by atoms with van der Waals surface area (Å²) in [6, 6.07) is 10.7. The molecule has 2 rings (SSSR count). The van der Waals surface area contributed by atoms with Crippen LogP contribution < -0.4 is 15.4 Å². The third-order valence-corrected chi connectivity index (χ3v) is 5.27. The third kappa shape index (κ3) is 6.56. The molecular formula is C20H24FN3O4S. The van der Waals surface area contributed by atoms with E-state index in [1.807, 2.05) is 0 Å². The van der Waals surface area contributed by atoms with Crippen LogP contribution in [0.2, 0.25) is 0 Å². The second-order valence-corrected chi connectivity index (χ2v) is 9.09. The Morgan fingerprint density at radius 2 is 1.55 bits per heavy atom. The molecular weight excluding hydrogens is 397 g/mol. The van der Waals surface area contributed by atoms with Gasteiger partial charge in [-0.15, -0.1) is 0 Å². The van der Waals surface area contributed by atoms with Crippen molar-refractivity contribution in [2.24, 2.45) is 5.41 Å². The highest BCUT2D eigenvalue weighted by atomic mass is 32.2. The molecule has 0 fully saturated rings. The number of para-hydroxylation sites is 2. The number of amides is 2. The van der Waals surface area contributed by atoms with Crippen LogP contribution in [0, 0.1) is 11.2 Å². The standard InChI is InChI=1S/C20H24FN3O4S/c1-20(2,3)19(26)22-13-12-18(25)23-16-6-4-5-7-17(16)24-29(27,28)15-10-8-14(21)9-11-15/h4-11,24H,12-13H2,1-3H3,(H,22,26)(H,23,25). The van der Waals surface area contributed by atoms with Gasteiger partial charge in [0.1, 0.15) is 5.82 Å². The van der Waals surface area contributed by atoms with E-state index in [4.69, 9.17) is 0 Å². The maximum absolute atomic E-state index is 13.0. The van der Waals surface area contributed by atoms with Gasteiger partial charge < -0.3 is 10.6 Å². The first-order chi connectivity index (χ1) is 13.5. The van der Waals surface area contributed by atoms with E-state index in [9.17, 15) is 22.4 Å². The number of rotatable bonds is 7. The second-order valence-electron chi connectivity index (χ2n) is 7.41. The smallest absolute Gasteiger partial charge is 0.261 e. The molecule has 0 unspecified atom stereocenters. The van der Waals surface area contributed by atoms with E-state index in [-0.39, 0.29) is 41.1 Å². The number of carbonyl (C=O) groups is 2. The van der Waals surface area contributed by atoms with Crippen molar-refractivity contribution in [2.45, 2.75) is 32.1 Å². The molecule has 0 saturated carbocycles. The van der Waals surface area contributed by atoms with Crippen molar-refractivity contribution < 1.29 is 22.4 Å². The van der Waals surface area contributed by atoms with E-state index < -0.39 is 21.3 Å². The Kier molecular flexibility index (Phi) is 6.97. The largest absolute Gasteiger partial charge is 0.355 e.